The molecule has 0 saturated heterocycles. The molecule has 0 aliphatic heterocycles. The highest BCUT2D eigenvalue weighted by Crippen LogP contribution is 2.25. The third-order valence-corrected chi connectivity index (χ3v) is 4.53. The van der Waals surface area contributed by atoms with Crippen LogP contribution in [-0.2, 0) is 0 Å². The zero-order chi connectivity index (χ0) is 18.0. The normalized spacial score (nSPS) is 10.8. The Morgan fingerprint density at radius 2 is 2.08 bits per heavy atom. The van der Waals surface area contributed by atoms with Crippen LogP contribution in [0, 0.1) is 13.8 Å². The number of carbonyl (C=O) groups is 2. The van der Waals surface area contributed by atoms with Crippen molar-refractivity contribution in [3.8, 4) is 11.5 Å². The van der Waals surface area contributed by atoms with E-state index in [0.29, 0.717) is 33.6 Å². The Hall–Kier alpha value is -2.74. The molecule has 3 aromatic rings. The van der Waals surface area contributed by atoms with Gasteiger partial charge in [-0.2, -0.15) is 0 Å². The van der Waals surface area contributed by atoms with E-state index in [2.05, 4.69) is 20.2 Å². The first kappa shape index (κ1) is 17.1. The number of aromatic nitrogens is 4. The molecule has 1 N–H and O–H groups in total. The van der Waals surface area contributed by atoms with E-state index in [1.807, 2.05) is 6.07 Å². The summed E-state index contributed by atoms with van der Waals surface area (Å²) >= 11 is 1.16. The second-order valence-corrected chi connectivity index (χ2v) is 6.43. The predicted molar refractivity (Wildman–Crippen MR) is 92.9 cm³/mol. The minimum atomic E-state index is -0.126. The van der Waals surface area contributed by atoms with Crippen LogP contribution in [-0.4, -0.2) is 37.5 Å². The van der Waals surface area contributed by atoms with Gasteiger partial charge in [0.15, 0.2) is 11.6 Å². The smallest absolute Gasteiger partial charge is 0.277 e. The maximum absolute atomic E-state index is 12.4. The van der Waals surface area contributed by atoms with E-state index in [4.69, 9.17) is 4.42 Å². The Morgan fingerprint density at radius 1 is 1.28 bits per heavy atom. The molecule has 0 amide bonds. The molecule has 0 unspecified atom stereocenters. The lowest BCUT2D eigenvalue weighted by Gasteiger charge is -1.99. The summed E-state index contributed by atoms with van der Waals surface area (Å²) in [7, 11) is 0. The van der Waals surface area contributed by atoms with Gasteiger partial charge in [0.2, 0.25) is 5.89 Å². The molecule has 3 rings (SSSR count). The van der Waals surface area contributed by atoms with Crippen LogP contribution in [0.2, 0.25) is 0 Å². The second-order valence-electron chi connectivity index (χ2n) is 5.51. The number of carbonyl (C=O) groups excluding carboxylic acids is 2. The predicted octanol–water partition coefficient (Wildman–Crippen LogP) is 3.25. The average molecular weight is 356 g/mol. The molecule has 0 fully saturated rings. The fourth-order valence-corrected chi connectivity index (χ4v) is 3.27. The number of H-pyrrole nitrogens is 1. The Balaban J connectivity index is 1.70. The molecule has 0 saturated carbocycles. The van der Waals surface area contributed by atoms with Gasteiger partial charge in [-0.1, -0.05) is 11.8 Å². The SMILES string of the molecule is CC(=O)c1c(C)[nH]c(C(=O)CSc2nnc(-c3cccnc3)o2)c1C. The summed E-state index contributed by atoms with van der Waals surface area (Å²) in [6, 6.07) is 3.59. The summed E-state index contributed by atoms with van der Waals surface area (Å²) in [4.78, 5) is 31.1. The van der Waals surface area contributed by atoms with Gasteiger partial charge in [0.25, 0.3) is 5.22 Å². The van der Waals surface area contributed by atoms with Gasteiger partial charge in [0.05, 0.1) is 17.0 Å². The molecule has 7 nitrogen and oxygen atoms in total. The molecule has 128 valence electrons. The fraction of sp³-hybridized carbons (Fsp3) is 0.235. The van der Waals surface area contributed by atoms with E-state index in [-0.39, 0.29) is 17.3 Å². The van der Waals surface area contributed by atoms with Gasteiger partial charge in [-0.15, -0.1) is 10.2 Å². The minimum absolute atomic E-state index is 0.0593. The molecule has 0 aliphatic rings. The summed E-state index contributed by atoms with van der Waals surface area (Å²) in [5, 5.41) is 8.19. The highest BCUT2D eigenvalue weighted by Gasteiger charge is 2.20. The number of nitrogens with one attached hydrogen (secondary N) is 1. The van der Waals surface area contributed by atoms with E-state index in [0.717, 1.165) is 17.3 Å². The molecule has 0 atom stereocenters. The van der Waals surface area contributed by atoms with Crippen molar-refractivity contribution in [2.75, 3.05) is 5.75 Å². The van der Waals surface area contributed by atoms with Gasteiger partial charge in [-0.25, -0.2) is 0 Å². The Morgan fingerprint density at radius 3 is 2.72 bits per heavy atom. The van der Waals surface area contributed by atoms with E-state index in [9.17, 15) is 9.59 Å². The molecule has 0 aliphatic carbocycles. The number of nitrogens with zero attached hydrogens (tertiary/aromatic N) is 3. The van der Waals surface area contributed by atoms with Crippen molar-refractivity contribution in [2.24, 2.45) is 0 Å². The number of thioether (sulfide) groups is 1. The van der Waals surface area contributed by atoms with E-state index in [1.54, 1.807) is 32.3 Å². The van der Waals surface area contributed by atoms with Crippen molar-refractivity contribution in [3.63, 3.8) is 0 Å². The molecule has 3 heterocycles. The number of hydrogen-bond acceptors (Lipinski definition) is 7. The molecule has 0 radical (unpaired) electrons. The quantitative estimate of drug-likeness (QED) is 0.534. The van der Waals surface area contributed by atoms with Crippen molar-refractivity contribution < 1.29 is 14.0 Å². The van der Waals surface area contributed by atoms with Gasteiger partial charge in [0, 0.05) is 23.7 Å². The van der Waals surface area contributed by atoms with Crippen molar-refractivity contribution >= 4 is 23.3 Å². The van der Waals surface area contributed by atoms with E-state index < -0.39 is 0 Å². The molecule has 3 aromatic heterocycles. The highest BCUT2D eigenvalue weighted by molar-refractivity contribution is 7.99. The van der Waals surface area contributed by atoms with Gasteiger partial charge >= 0.3 is 0 Å². The molecule has 0 spiro atoms. The minimum Gasteiger partial charge on any atom is -0.411 e. The van der Waals surface area contributed by atoms with E-state index >= 15 is 0 Å². The summed E-state index contributed by atoms with van der Waals surface area (Å²) in [6.07, 6.45) is 3.28. The lowest BCUT2D eigenvalue weighted by Crippen LogP contribution is -2.05. The number of Topliss-reactive ketones (excluding diaryl/α,β-unsaturated/α-hetero) is 2. The Kier molecular flexibility index (Phi) is 4.80. The first-order chi connectivity index (χ1) is 12.0. The summed E-state index contributed by atoms with van der Waals surface area (Å²) in [5.41, 5.74) is 3.12. The molecule has 8 heteroatoms. The first-order valence-electron chi connectivity index (χ1n) is 7.57. The molecule has 0 bridgehead atoms. The van der Waals surface area contributed by atoms with Gasteiger partial charge in [-0.3, -0.25) is 14.6 Å². The van der Waals surface area contributed by atoms with Gasteiger partial charge in [0.1, 0.15) is 0 Å². The Labute approximate surface area is 148 Å². The summed E-state index contributed by atoms with van der Waals surface area (Å²) in [6.45, 7) is 5.04. The van der Waals surface area contributed by atoms with Crippen molar-refractivity contribution in [1.82, 2.24) is 20.2 Å². The number of aromatic amines is 1. The molecular formula is C17H16N4O3S. The van der Waals surface area contributed by atoms with Crippen LogP contribution in [0.4, 0.5) is 0 Å². The molecule has 25 heavy (non-hydrogen) atoms. The largest absolute Gasteiger partial charge is 0.411 e. The number of rotatable bonds is 6. The van der Waals surface area contributed by atoms with Crippen LogP contribution < -0.4 is 0 Å². The maximum atomic E-state index is 12.4. The monoisotopic (exact) mass is 356 g/mol. The molecule has 0 aromatic carbocycles. The first-order valence-corrected chi connectivity index (χ1v) is 8.56. The van der Waals surface area contributed by atoms with Crippen LogP contribution in [0.5, 0.6) is 0 Å². The second kappa shape index (κ2) is 7.02. The van der Waals surface area contributed by atoms with Crippen molar-refractivity contribution in [2.45, 2.75) is 26.0 Å². The van der Waals surface area contributed by atoms with Crippen LogP contribution in [0.3, 0.4) is 0 Å². The van der Waals surface area contributed by atoms with Gasteiger partial charge < -0.3 is 9.40 Å². The number of hydrogen-bond donors (Lipinski definition) is 1. The number of ketones is 2. The van der Waals surface area contributed by atoms with Crippen LogP contribution in [0.15, 0.2) is 34.2 Å². The molecular weight excluding hydrogens is 340 g/mol. The summed E-state index contributed by atoms with van der Waals surface area (Å²) < 4.78 is 5.54. The fourth-order valence-electron chi connectivity index (χ4n) is 2.63. The van der Waals surface area contributed by atoms with E-state index in [1.165, 1.54) is 6.92 Å². The maximum Gasteiger partial charge on any atom is 0.277 e. The van der Waals surface area contributed by atoms with Crippen LogP contribution in [0.25, 0.3) is 11.5 Å². The third-order valence-electron chi connectivity index (χ3n) is 3.71. The zero-order valence-corrected chi connectivity index (χ0v) is 14.8. The summed E-state index contributed by atoms with van der Waals surface area (Å²) in [5.74, 6) is 0.302. The van der Waals surface area contributed by atoms with Crippen LogP contribution in [0.1, 0.15) is 39.0 Å². The number of pyridine rings is 1. The van der Waals surface area contributed by atoms with Crippen molar-refractivity contribution in [1.29, 1.82) is 0 Å². The lowest BCUT2D eigenvalue weighted by molar-refractivity contribution is 0.101. The standard InChI is InChI=1S/C17H16N4O3S/c1-9-14(11(3)22)10(2)19-15(9)13(23)8-25-17-21-20-16(24-17)12-5-4-6-18-7-12/h4-7,19H,8H2,1-3H3. The van der Waals surface area contributed by atoms with Crippen LogP contribution >= 0.6 is 11.8 Å². The third kappa shape index (κ3) is 3.53. The van der Waals surface area contributed by atoms with Gasteiger partial charge in [-0.05, 0) is 38.5 Å². The average Bonchev–Trinajstić information content (AvgIpc) is 3.18. The lowest BCUT2D eigenvalue weighted by atomic mass is 10.1. The zero-order valence-electron chi connectivity index (χ0n) is 14.0. The number of aryl methyl sites for hydroxylation is 1. The van der Waals surface area contributed by atoms with Crippen molar-refractivity contribution in [3.05, 3.63) is 47.0 Å². The Bertz CT molecular complexity index is 931. The highest BCUT2D eigenvalue weighted by atomic mass is 32.2. The topological polar surface area (TPSA) is 102 Å².